The SMILES string of the molecule is CCc1ccc(C(C)NC(=O)Nc2ccc(OC)c(OCCOC)c2)cc1. The van der Waals surface area contributed by atoms with E-state index in [0.29, 0.717) is 30.4 Å². The van der Waals surface area contributed by atoms with Crippen molar-refractivity contribution in [1.29, 1.82) is 0 Å². The number of carbonyl (C=O) groups excluding carboxylic acids is 1. The molecule has 2 aromatic rings. The number of anilines is 1. The Morgan fingerprint density at radius 1 is 1.04 bits per heavy atom. The van der Waals surface area contributed by atoms with Gasteiger partial charge < -0.3 is 24.8 Å². The number of urea groups is 1. The van der Waals surface area contributed by atoms with Crippen molar-refractivity contribution in [2.45, 2.75) is 26.3 Å². The Bertz CT molecular complexity index is 731. The lowest BCUT2D eigenvalue weighted by Crippen LogP contribution is -2.31. The van der Waals surface area contributed by atoms with Crippen LogP contribution in [0.15, 0.2) is 42.5 Å². The second-order valence-corrected chi connectivity index (χ2v) is 6.12. The summed E-state index contributed by atoms with van der Waals surface area (Å²) in [5.74, 6) is 1.15. The van der Waals surface area contributed by atoms with Crippen LogP contribution in [-0.4, -0.2) is 33.5 Å². The summed E-state index contributed by atoms with van der Waals surface area (Å²) in [5, 5.41) is 5.77. The molecule has 0 bridgehead atoms. The van der Waals surface area contributed by atoms with Gasteiger partial charge in [0.2, 0.25) is 0 Å². The van der Waals surface area contributed by atoms with E-state index in [0.717, 1.165) is 12.0 Å². The van der Waals surface area contributed by atoms with E-state index in [1.807, 2.05) is 19.1 Å². The maximum Gasteiger partial charge on any atom is 0.319 e. The van der Waals surface area contributed by atoms with Crippen molar-refractivity contribution in [2.24, 2.45) is 0 Å². The smallest absolute Gasteiger partial charge is 0.319 e. The van der Waals surface area contributed by atoms with Gasteiger partial charge in [-0.25, -0.2) is 4.79 Å². The normalized spacial score (nSPS) is 11.6. The molecule has 6 nitrogen and oxygen atoms in total. The summed E-state index contributed by atoms with van der Waals surface area (Å²) in [7, 11) is 3.18. The van der Waals surface area contributed by atoms with Crippen LogP contribution < -0.4 is 20.1 Å². The molecule has 1 unspecified atom stereocenters. The fraction of sp³-hybridized carbons (Fsp3) is 0.381. The third-order valence-electron chi connectivity index (χ3n) is 4.20. The number of ether oxygens (including phenoxy) is 3. The Hall–Kier alpha value is -2.73. The summed E-state index contributed by atoms with van der Waals surface area (Å²) in [6.45, 7) is 4.93. The largest absolute Gasteiger partial charge is 0.493 e. The zero-order chi connectivity index (χ0) is 19.6. The monoisotopic (exact) mass is 372 g/mol. The van der Waals surface area contributed by atoms with E-state index in [9.17, 15) is 4.79 Å². The van der Waals surface area contributed by atoms with E-state index in [2.05, 4.69) is 29.7 Å². The summed E-state index contributed by atoms with van der Waals surface area (Å²) < 4.78 is 15.9. The average Bonchev–Trinajstić information content (AvgIpc) is 2.68. The van der Waals surface area contributed by atoms with Gasteiger partial charge in [-0.2, -0.15) is 0 Å². The van der Waals surface area contributed by atoms with Gasteiger partial charge in [-0.05, 0) is 36.6 Å². The first kappa shape index (κ1) is 20.6. The molecule has 27 heavy (non-hydrogen) atoms. The zero-order valence-electron chi connectivity index (χ0n) is 16.4. The first-order valence-corrected chi connectivity index (χ1v) is 9.03. The van der Waals surface area contributed by atoms with Crippen molar-refractivity contribution >= 4 is 11.7 Å². The topological polar surface area (TPSA) is 68.8 Å². The minimum Gasteiger partial charge on any atom is -0.493 e. The van der Waals surface area contributed by atoms with Crippen LogP contribution in [0.4, 0.5) is 10.5 Å². The second-order valence-electron chi connectivity index (χ2n) is 6.12. The maximum absolute atomic E-state index is 12.3. The predicted molar refractivity (Wildman–Crippen MR) is 107 cm³/mol. The van der Waals surface area contributed by atoms with Crippen molar-refractivity contribution in [3.63, 3.8) is 0 Å². The summed E-state index contributed by atoms with van der Waals surface area (Å²) in [6, 6.07) is 13.1. The number of nitrogens with one attached hydrogen (secondary N) is 2. The molecule has 0 heterocycles. The van der Waals surface area contributed by atoms with Crippen LogP contribution >= 0.6 is 0 Å². The van der Waals surface area contributed by atoms with Gasteiger partial charge in [-0.3, -0.25) is 0 Å². The number of carbonyl (C=O) groups is 1. The lowest BCUT2D eigenvalue weighted by atomic mass is 10.1. The third-order valence-corrected chi connectivity index (χ3v) is 4.20. The number of amides is 2. The number of aryl methyl sites for hydroxylation is 1. The van der Waals surface area contributed by atoms with Crippen LogP contribution in [0.25, 0.3) is 0 Å². The van der Waals surface area contributed by atoms with Crippen molar-refractivity contribution in [1.82, 2.24) is 5.32 Å². The van der Waals surface area contributed by atoms with Crippen molar-refractivity contribution in [3.8, 4) is 11.5 Å². The molecular weight excluding hydrogens is 344 g/mol. The van der Waals surface area contributed by atoms with Crippen LogP contribution in [0, 0.1) is 0 Å². The molecule has 0 aliphatic carbocycles. The number of methoxy groups -OCH3 is 2. The minimum absolute atomic E-state index is 0.105. The molecule has 2 amide bonds. The fourth-order valence-electron chi connectivity index (χ4n) is 2.59. The standard InChI is InChI=1S/C21H28N2O4/c1-5-16-6-8-17(9-7-16)15(2)22-21(24)23-18-10-11-19(26-4)20(14-18)27-13-12-25-3/h6-11,14-15H,5,12-13H2,1-4H3,(H2,22,23,24). The Kier molecular flexibility index (Phi) is 7.95. The van der Waals surface area contributed by atoms with E-state index >= 15 is 0 Å². The van der Waals surface area contributed by atoms with Crippen molar-refractivity contribution < 1.29 is 19.0 Å². The molecule has 0 saturated carbocycles. The summed E-state index contributed by atoms with van der Waals surface area (Å²) in [4.78, 5) is 12.3. The van der Waals surface area contributed by atoms with Gasteiger partial charge in [-0.1, -0.05) is 31.2 Å². The van der Waals surface area contributed by atoms with Crippen molar-refractivity contribution in [2.75, 3.05) is 32.8 Å². The highest BCUT2D eigenvalue weighted by Gasteiger charge is 2.11. The molecule has 0 fully saturated rings. The van der Waals surface area contributed by atoms with Gasteiger partial charge in [0.15, 0.2) is 11.5 Å². The zero-order valence-corrected chi connectivity index (χ0v) is 16.4. The highest BCUT2D eigenvalue weighted by Crippen LogP contribution is 2.30. The molecule has 2 aromatic carbocycles. The molecule has 0 spiro atoms. The summed E-state index contributed by atoms with van der Waals surface area (Å²) >= 11 is 0. The molecular formula is C21H28N2O4. The van der Waals surface area contributed by atoms with Gasteiger partial charge in [0, 0.05) is 18.9 Å². The lowest BCUT2D eigenvalue weighted by Gasteiger charge is -2.16. The highest BCUT2D eigenvalue weighted by molar-refractivity contribution is 5.89. The van der Waals surface area contributed by atoms with Gasteiger partial charge in [-0.15, -0.1) is 0 Å². The lowest BCUT2D eigenvalue weighted by molar-refractivity contribution is 0.144. The molecule has 0 aliphatic heterocycles. The second kappa shape index (κ2) is 10.4. The van der Waals surface area contributed by atoms with Gasteiger partial charge in [0.25, 0.3) is 0 Å². The Labute approximate surface area is 160 Å². The molecule has 0 radical (unpaired) electrons. The van der Waals surface area contributed by atoms with Gasteiger partial charge >= 0.3 is 6.03 Å². The average molecular weight is 372 g/mol. The van der Waals surface area contributed by atoms with E-state index in [1.165, 1.54) is 5.56 Å². The molecule has 2 N–H and O–H groups in total. The predicted octanol–water partition coefficient (Wildman–Crippen LogP) is 4.17. The van der Waals surface area contributed by atoms with E-state index in [1.54, 1.807) is 32.4 Å². The van der Waals surface area contributed by atoms with Crippen LogP contribution in [0.5, 0.6) is 11.5 Å². The molecule has 146 valence electrons. The summed E-state index contributed by atoms with van der Waals surface area (Å²) in [5.41, 5.74) is 2.95. The third kappa shape index (κ3) is 6.18. The molecule has 0 aliphatic rings. The van der Waals surface area contributed by atoms with Crippen molar-refractivity contribution in [3.05, 3.63) is 53.6 Å². The Morgan fingerprint density at radius 2 is 1.78 bits per heavy atom. The molecule has 6 heteroatoms. The first-order chi connectivity index (χ1) is 13.1. The number of rotatable bonds is 9. The first-order valence-electron chi connectivity index (χ1n) is 9.03. The number of hydrogen-bond donors (Lipinski definition) is 2. The Balaban J connectivity index is 1.98. The minimum atomic E-state index is -0.282. The number of benzene rings is 2. The molecule has 0 aromatic heterocycles. The fourth-order valence-corrected chi connectivity index (χ4v) is 2.59. The van der Waals surface area contributed by atoms with Crippen LogP contribution in [0.1, 0.15) is 31.0 Å². The van der Waals surface area contributed by atoms with Gasteiger partial charge in [0.05, 0.1) is 19.8 Å². The molecule has 2 rings (SSSR count). The van der Waals surface area contributed by atoms with E-state index in [-0.39, 0.29) is 12.1 Å². The Morgan fingerprint density at radius 3 is 2.41 bits per heavy atom. The number of hydrogen-bond acceptors (Lipinski definition) is 4. The maximum atomic E-state index is 12.3. The van der Waals surface area contributed by atoms with Gasteiger partial charge in [0.1, 0.15) is 6.61 Å². The quantitative estimate of drug-likeness (QED) is 0.649. The highest BCUT2D eigenvalue weighted by atomic mass is 16.5. The van der Waals surface area contributed by atoms with Crippen LogP contribution in [0.2, 0.25) is 0 Å². The van der Waals surface area contributed by atoms with Crippen LogP contribution in [0.3, 0.4) is 0 Å². The molecule has 0 saturated heterocycles. The van der Waals surface area contributed by atoms with E-state index in [4.69, 9.17) is 14.2 Å². The van der Waals surface area contributed by atoms with E-state index < -0.39 is 0 Å². The molecule has 1 atom stereocenters. The van der Waals surface area contributed by atoms with Crippen LogP contribution in [-0.2, 0) is 11.2 Å². The summed E-state index contributed by atoms with van der Waals surface area (Å²) in [6.07, 6.45) is 0.995.